The Morgan fingerprint density at radius 1 is 1.72 bits per heavy atom. The SMILES string of the molecule is CCN1CC[C@H](C2(N)C=CN=C(N)C2[N+](=O)[O-])C1. The highest BCUT2D eigenvalue weighted by molar-refractivity contribution is 5.88. The van der Waals surface area contributed by atoms with Gasteiger partial charge in [0.15, 0.2) is 5.84 Å². The molecular formula is C11H19N5O2. The van der Waals surface area contributed by atoms with Gasteiger partial charge in [-0.15, -0.1) is 0 Å². The van der Waals surface area contributed by atoms with E-state index in [0.29, 0.717) is 0 Å². The maximum atomic E-state index is 11.2. The van der Waals surface area contributed by atoms with Crippen molar-refractivity contribution in [2.75, 3.05) is 19.6 Å². The molecule has 100 valence electrons. The first-order chi connectivity index (χ1) is 8.49. The van der Waals surface area contributed by atoms with Crippen LogP contribution in [0.1, 0.15) is 13.3 Å². The summed E-state index contributed by atoms with van der Waals surface area (Å²) in [5.74, 6) is 0.0399. The van der Waals surface area contributed by atoms with Crippen LogP contribution >= 0.6 is 0 Å². The van der Waals surface area contributed by atoms with Crippen molar-refractivity contribution in [3.8, 4) is 0 Å². The smallest absolute Gasteiger partial charge is 0.290 e. The van der Waals surface area contributed by atoms with Crippen molar-refractivity contribution in [2.45, 2.75) is 24.9 Å². The fraction of sp³-hybridized carbons (Fsp3) is 0.727. The van der Waals surface area contributed by atoms with Gasteiger partial charge in [-0.1, -0.05) is 6.92 Å². The summed E-state index contributed by atoms with van der Waals surface area (Å²) in [7, 11) is 0. The third kappa shape index (κ3) is 1.99. The topological polar surface area (TPSA) is 111 Å². The Bertz CT molecular complexity index is 408. The van der Waals surface area contributed by atoms with Gasteiger partial charge in [-0.25, -0.2) is 4.99 Å². The minimum atomic E-state index is -1.12. The molecule has 4 N–H and O–H groups in total. The summed E-state index contributed by atoms with van der Waals surface area (Å²) in [5.41, 5.74) is 10.9. The molecule has 1 saturated heterocycles. The number of likely N-dealkylation sites (tertiary alicyclic amines) is 1. The van der Waals surface area contributed by atoms with Crippen molar-refractivity contribution < 1.29 is 4.92 Å². The molecule has 0 aromatic heterocycles. The fourth-order valence-electron chi connectivity index (χ4n) is 2.85. The number of nitro groups is 1. The number of aliphatic imine (C=N–C) groups is 1. The average molecular weight is 253 g/mol. The van der Waals surface area contributed by atoms with Crippen molar-refractivity contribution in [1.82, 2.24) is 4.90 Å². The summed E-state index contributed by atoms with van der Waals surface area (Å²) in [5, 5.41) is 11.2. The monoisotopic (exact) mass is 253 g/mol. The van der Waals surface area contributed by atoms with Gasteiger partial charge in [0.2, 0.25) is 0 Å². The molecule has 0 spiro atoms. The number of hydrogen-bond acceptors (Lipinski definition) is 6. The zero-order chi connectivity index (χ0) is 13.3. The maximum absolute atomic E-state index is 11.2. The van der Waals surface area contributed by atoms with Crippen LogP contribution in [0.25, 0.3) is 0 Å². The lowest BCUT2D eigenvalue weighted by atomic mass is 9.76. The van der Waals surface area contributed by atoms with Crippen molar-refractivity contribution in [3.63, 3.8) is 0 Å². The van der Waals surface area contributed by atoms with Crippen LogP contribution in [0.4, 0.5) is 0 Å². The van der Waals surface area contributed by atoms with Crippen LogP contribution in [0.5, 0.6) is 0 Å². The van der Waals surface area contributed by atoms with E-state index in [0.717, 1.165) is 26.1 Å². The maximum Gasteiger partial charge on any atom is 0.290 e. The van der Waals surface area contributed by atoms with Crippen LogP contribution in [0.2, 0.25) is 0 Å². The highest BCUT2D eigenvalue weighted by Gasteiger charge is 2.52. The van der Waals surface area contributed by atoms with Gasteiger partial charge in [-0.3, -0.25) is 10.1 Å². The molecule has 0 aromatic carbocycles. The highest BCUT2D eigenvalue weighted by atomic mass is 16.6. The van der Waals surface area contributed by atoms with Gasteiger partial charge in [0.25, 0.3) is 6.04 Å². The summed E-state index contributed by atoms with van der Waals surface area (Å²) in [6.07, 6.45) is 3.98. The van der Waals surface area contributed by atoms with Crippen molar-refractivity contribution in [3.05, 3.63) is 22.4 Å². The molecule has 0 saturated carbocycles. The molecule has 7 heteroatoms. The zero-order valence-corrected chi connectivity index (χ0v) is 10.5. The summed E-state index contributed by atoms with van der Waals surface area (Å²) in [6.45, 7) is 4.70. The van der Waals surface area contributed by atoms with E-state index in [4.69, 9.17) is 11.5 Å². The predicted octanol–water partition coefficient (Wildman–Crippen LogP) is -0.444. The first-order valence-corrected chi connectivity index (χ1v) is 6.14. The van der Waals surface area contributed by atoms with E-state index < -0.39 is 16.5 Å². The van der Waals surface area contributed by atoms with Crippen LogP contribution in [-0.2, 0) is 0 Å². The number of nitrogens with two attached hydrogens (primary N) is 2. The Morgan fingerprint density at radius 2 is 2.44 bits per heavy atom. The van der Waals surface area contributed by atoms with Gasteiger partial charge >= 0.3 is 0 Å². The van der Waals surface area contributed by atoms with E-state index in [1.165, 1.54) is 6.20 Å². The molecule has 2 aliphatic rings. The van der Waals surface area contributed by atoms with Crippen LogP contribution in [0, 0.1) is 16.0 Å². The lowest BCUT2D eigenvalue weighted by Crippen LogP contribution is -2.64. The largest absolute Gasteiger partial charge is 0.381 e. The van der Waals surface area contributed by atoms with E-state index in [-0.39, 0.29) is 11.8 Å². The summed E-state index contributed by atoms with van der Waals surface area (Å²) in [4.78, 5) is 16.8. The van der Waals surface area contributed by atoms with Gasteiger partial charge < -0.3 is 16.4 Å². The average Bonchev–Trinajstić information content (AvgIpc) is 2.77. The molecule has 0 radical (unpaired) electrons. The minimum Gasteiger partial charge on any atom is -0.381 e. The molecule has 18 heavy (non-hydrogen) atoms. The summed E-state index contributed by atoms with van der Waals surface area (Å²) < 4.78 is 0. The number of rotatable bonds is 3. The molecular weight excluding hydrogens is 234 g/mol. The first-order valence-electron chi connectivity index (χ1n) is 6.14. The Morgan fingerprint density at radius 3 is 3.00 bits per heavy atom. The van der Waals surface area contributed by atoms with Crippen molar-refractivity contribution in [1.29, 1.82) is 0 Å². The molecule has 1 fully saturated rings. The Balaban J connectivity index is 2.26. The van der Waals surface area contributed by atoms with E-state index >= 15 is 0 Å². The molecule has 2 unspecified atom stereocenters. The van der Waals surface area contributed by atoms with E-state index in [1.807, 2.05) is 0 Å². The normalized spacial score (nSPS) is 36.7. The molecule has 2 heterocycles. The van der Waals surface area contributed by atoms with Gasteiger partial charge in [-0.2, -0.15) is 0 Å². The molecule has 0 bridgehead atoms. The molecule has 2 rings (SSSR count). The zero-order valence-electron chi connectivity index (χ0n) is 10.5. The van der Waals surface area contributed by atoms with Crippen molar-refractivity contribution in [2.24, 2.45) is 22.4 Å². The molecule has 2 aliphatic heterocycles. The lowest BCUT2D eigenvalue weighted by Gasteiger charge is -2.35. The predicted molar refractivity (Wildman–Crippen MR) is 68.7 cm³/mol. The third-order valence-electron chi connectivity index (χ3n) is 3.98. The number of hydrogen-bond donors (Lipinski definition) is 2. The summed E-state index contributed by atoms with van der Waals surface area (Å²) in [6, 6.07) is -1.12. The van der Waals surface area contributed by atoms with Gasteiger partial charge in [0, 0.05) is 23.6 Å². The van der Waals surface area contributed by atoms with E-state index in [2.05, 4.69) is 16.8 Å². The van der Waals surface area contributed by atoms with Crippen LogP contribution in [0.3, 0.4) is 0 Å². The van der Waals surface area contributed by atoms with Gasteiger partial charge in [0.1, 0.15) is 5.54 Å². The Labute approximate surface area is 106 Å². The Hall–Kier alpha value is -1.47. The molecule has 0 amide bonds. The second kappa shape index (κ2) is 4.66. The van der Waals surface area contributed by atoms with Crippen LogP contribution in [0.15, 0.2) is 17.3 Å². The second-order valence-electron chi connectivity index (χ2n) is 4.94. The van der Waals surface area contributed by atoms with Gasteiger partial charge in [-0.05, 0) is 25.6 Å². The number of amidine groups is 1. The molecule has 7 nitrogen and oxygen atoms in total. The highest BCUT2D eigenvalue weighted by Crippen LogP contribution is 2.32. The fourth-order valence-corrected chi connectivity index (χ4v) is 2.85. The summed E-state index contributed by atoms with van der Waals surface area (Å²) >= 11 is 0. The van der Waals surface area contributed by atoms with Gasteiger partial charge in [0.05, 0.1) is 0 Å². The van der Waals surface area contributed by atoms with E-state index in [9.17, 15) is 10.1 Å². The molecule has 3 atom stereocenters. The standard InChI is InChI=1S/C11H19N5O2/c1-2-15-6-3-8(7-15)11(13)4-5-14-10(12)9(11)16(17)18/h4-5,8-9H,2-3,6-7,13H2,1H3,(H2,12,14)/t8-,9?,11?/m0/s1. The van der Waals surface area contributed by atoms with Crippen LogP contribution in [-0.4, -0.2) is 46.9 Å². The van der Waals surface area contributed by atoms with Crippen molar-refractivity contribution >= 4 is 5.84 Å². The third-order valence-corrected chi connectivity index (χ3v) is 3.98. The van der Waals surface area contributed by atoms with Crippen LogP contribution < -0.4 is 11.5 Å². The van der Waals surface area contributed by atoms with E-state index in [1.54, 1.807) is 6.08 Å². The lowest BCUT2D eigenvalue weighted by molar-refractivity contribution is -0.513. The first kappa shape index (κ1) is 13.0. The quantitative estimate of drug-likeness (QED) is 0.523. The number of nitrogens with zero attached hydrogens (tertiary/aromatic N) is 3. The minimum absolute atomic E-state index is 0.0000477. The molecule has 0 aliphatic carbocycles. The Kier molecular flexibility index (Phi) is 3.36. The second-order valence-corrected chi connectivity index (χ2v) is 4.94. The molecule has 0 aromatic rings.